The van der Waals surface area contributed by atoms with Gasteiger partial charge in [-0.2, -0.15) is 0 Å². The van der Waals surface area contributed by atoms with E-state index < -0.39 is 0 Å². The first kappa shape index (κ1) is 12.5. The number of Topliss-reactive ketones (excluding diaryl/α,β-unsaturated/α-hetero) is 1. The van der Waals surface area contributed by atoms with Crippen molar-refractivity contribution in [1.29, 1.82) is 0 Å². The summed E-state index contributed by atoms with van der Waals surface area (Å²) >= 11 is 2.00. The van der Waals surface area contributed by atoms with Gasteiger partial charge in [-0.05, 0) is 42.4 Å². The van der Waals surface area contributed by atoms with Gasteiger partial charge in [0, 0.05) is 19.0 Å². The maximum atomic E-state index is 11.5. The van der Waals surface area contributed by atoms with Crippen LogP contribution >= 0.6 is 22.6 Å². The number of piperidine rings is 1. The van der Waals surface area contributed by atoms with Gasteiger partial charge >= 0.3 is 0 Å². The number of rotatable bonds is 2. The van der Waals surface area contributed by atoms with Crippen molar-refractivity contribution in [3.63, 3.8) is 0 Å². The molecule has 2 rings (SSSR count). The SMILES string of the molecule is CC(=O)C1CCCN(c2nc[nH]c(=O)c2I)C1. The molecule has 1 N–H and O–H groups in total. The van der Waals surface area contributed by atoms with Crippen LogP contribution in [-0.4, -0.2) is 28.8 Å². The van der Waals surface area contributed by atoms with Crippen LogP contribution in [0.25, 0.3) is 0 Å². The Morgan fingerprint density at radius 3 is 3.12 bits per heavy atom. The van der Waals surface area contributed by atoms with E-state index in [2.05, 4.69) is 9.97 Å². The van der Waals surface area contributed by atoms with Crippen molar-refractivity contribution in [2.45, 2.75) is 19.8 Å². The molecule has 1 saturated heterocycles. The van der Waals surface area contributed by atoms with Crippen molar-refractivity contribution >= 4 is 34.2 Å². The number of nitrogens with one attached hydrogen (secondary N) is 1. The number of ketones is 1. The number of hydrogen-bond acceptors (Lipinski definition) is 4. The largest absolute Gasteiger partial charge is 0.355 e. The average Bonchev–Trinajstić information content (AvgIpc) is 2.33. The molecule has 17 heavy (non-hydrogen) atoms. The number of halogens is 1. The maximum Gasteiger partial charge on any atom is 0.266 e. The Labute approximate surface area is 113 Å². The van der Waals surface area contributed by atoms with E-state index in [1.54, 1.807) is 6.92 Å². The second-order valence-corrected chi connectivity index (χ2v) is 5.34. The van der Waals surface area contributed by atoms with E-state index in [1.807, 2.05) is 27.5 Å². The molecule has 0 aromatic carbocycles. The highest BCUT2D eigenvalue weighted by Gasteiger charge is 2.25. The monoisotopic (exact) mass is 347 g/mol. The predicted molar refractivity (Wildman–Crippen MR) is 73.2 cm³/mol. The zero-order valence-corrected chi connectivity index (χ0v) is 11.7. The fraction of sp³-hybridized carbons (Fsp3) is 0.545. The lowest BCUT2D eigenvalue weighted by atomic mass is 9.95. The van der Waals surface area contributed by atoms with Gasteiger partial charge in [0.05, 0.1) is 6.33 Å². The Kier molecular flexibility index (Phi) is 3.80. The Morgan fingerprint density at radius 2 is 2.41 bits per heavy atom. The van der Waals surface area contributed by atoms with Crippen molar-refractivity contribution in [2.24, 2.45) is 5.92 Å². The first-order valence-corrected chi connectivity index (χ1v) is 6.66. The Morgan fingerprint density at radius 1 is 1.65 bits per heavy atom. The minimum atomic E-state index is -0.124. The van der Waals surface area contributed by atoms with Crippen molar-refractivity contribution in [3.8, 4) is 0 Å². The first-order valence-electron chi connectivity index (χ1n) is 5.58. The molecule has 1 aliphatic rings. The third-order valence-corrected chi connectivity index (χ3v) is 4.05. The number of hydrogen-bond donors (Lipinski definition) is 1. The molecule has 0 bridgehead atoms. The molecular weight excluding hydrogens is 333 g/mol. The van der Waals surface area contributed by atoms with Crippen LogP contribution in [0.3, 0.4) is 0 Å². The third-order valence-electron chi connectivity index (χ3n) is 3.07. The van der Waals surface area contributed by atoms with Crippen LogP contribution in [0.4, 0.5) is 5.82 Å². The zero-order valence-electron chi connectivity index (χ0n) is 9.57. The highest BCUT2D eigenvalue weighted by atomic mass is 127. The highest BCUT2D eigenvalue weighted by molar-refractivity contribution is 14.1. The van der Waals surface area contributed by atoms with Crippen molar-refractivity contribution in [3.05, 3.63) is 20.3 Å². The lowest BCUT2D eigenvalue weighted by molar-refractivity contribution is -0.120. The quantitative estimate of drug-likeness (QED) is 0.816. The van der Waals surface area contributed by atoms with E-state index in [9.17, 15) is 9.59 Å². The fourth-order valence-corrected chi connectivity index (χ4v) is 2.73. The normalized spacial score (nSPS) is 20.4. The standard InChI is InChI=1S/C11H14IN3O2/c1-7(16)8-3-2-4-15(5-8)10-9(12)11(17)14-6-13-10/h6,8H,2-5H2,1H3,(H,13,14,17). The molecule has 1 unspecified atom stereocenters. The zero-order chi connectivity index (χ0) is 12.4. The Balaban J connectivity index is 2.25. The van der Waals surface area contributed by atoms with Crippen LogP contribution in [0.5, 0.6) is 0 Å². The average molecular weight is 347 g/mol. The van der Waals surface area contributed by atoms with E-state index in [1.165, 1.54) is 6.33 Å². The molecule has 1 aliphatic heterocycles. The van der Waals surface area contributed by atoms with Crippen molar-refractivity contribution < 1.29 is 4.79 Å². The van der Waals surface area contributed by atoms with Crippen LogP contribution in [-0.2, 0) is 4.79 Å². The molecule has 1 aromatic rings. The third kappa shape index (κ3) is 2.67. The molecule has 1 atom stereocenters. The predicted octanol–water partition coefficient (Wildman–Crippen LogP) is 1.18. The molecular formula is C11H14IN3O2. The molecule has 0 spiro atoms. The Hall–Kier alpha value is -0.920. The molecule has 0 saturated carbocycles. The van der Waals surface area contributed by atoms with E-state index in [4.69, 9.17) is 0 Å². The number of aromatic nitrogens is 2. The van der Waals surface area contributed by atoms with Crippen LogP contribution < -0.4 is 10.5 Å². The summed E-state index contributed by atoms with van der Waals surface area (Å²) in [5.74, 6) is 0.982. The van der Waals surface area contributed by atoms with Gasteiger partial charge in [-0.25, -0.2) is 4.98 Å². The molecule has 92 valence electrons. The molecule has 0 radical (unpaired) electrons. The van der Waals surface area contributed by atoms with Gasteiger partial charge in [0.1, 0.15) is 15.2 Å². The number of carbonyl (C=O) groups is 1. The number of nitrogens with zero attached hydrogens (tertiary/aromatic N) is 2. The summed E-state index contributed by atoms with van der Waals surface area (Å²) in [5.41, 5.74) is -0.124. The number of carbonyl (C=O) groups excluding carboxylic acids is 1. The molecule has 0 amide bonds. The van der Waals surface area contributed by atoms with Gasteiger partial charge in [0.25, 0.3) is 5.56 Å². The number of aromatic amines is 1. The molecule has 2 heterocycles. The summed E-state index contributed by atoms with van der Waals surface area (Å²) < 4.78 is 0.592. The molecule has 5 nitrogen and oxygen atoms in total. The molecule has 0 aliphatic carbocycles. The van der Waals surface area contributed by atoms with E-state index in [0.29, 0.717) is 15.9 Å². The number of H-pyrrole nitrogens is 1. The summed E-state index contributed by atoms with van der Waals surface area (Å²) in [6.07, 6.45) is 3.32. The topological polar surface area (TPSA) is 66.1 Å². The summed E-state index contributed by atoms with van der Waals surface area (Å²) in [6.45, 7) is 3.16. The highest BCUT2D eigenvalue weighted by Crippen LogP contribution is 2.23. The van der Waals surface area contributed by atoms with Crippen molar-refractivity contribution in [1.82, 2.24) is 9.97 Å². The molecule has 1 fully saturated rings. The minimum Gasteiger partial charge on any atom is -0.355 e. The van der Waals surface area contributed by atoms with Crippen LogP contribution in [0.15, 0.2) is 11.1 Å². The van der Waals surface area contributed by atoms with E-state index in [-0.39, 0.29) is 17.3 Å². The van der Waals surface area contributed by atoms with Gasteiger partial charge in [0.15, 0.2) is 0 Å². The summed E-state index contributed by atoms with van der Waals surface area (Å²) in [5, 5.41) is 0. The van der Waals surface area contributed by atoms with Crippen LogP contribution in [0, 0.1) is 9.49 Å². The molecule has 6 heteroatoms. The minimum absolute atomic E-state index is 0.0700. The Bertz CT molecular complexity index is 486. The smallest absolute Gasteiger partial charge is 0.266 e. The summed E-state index contributed by atoms with van der Waals surface area (Å²) in [4.78, 5) is 31.7. The first-order chi connectivity index (χ1) is 8.09. The van der Waals surface area contributed by atoms with Crippen molar-refractivity contribution in [2.75, 3.05) is 18.0 Å². The lowest BCUT2D eigenvalue weighted by Gasteiger charge is -2.32. The van der Waals surface area contributed by atoms with E-state index >= 15 is 0 Å². The van der Waals surface area contributed by atoms with Crippen LogP contribution in [0.2, 0.25) is 0 Å². The molecule has 1 aromatic heterocycles. The van der Waals surface area contributed by atoms with E-state index in [0.717, 1.165) is 19.4 Å². The fourth-order valence-electron chi connectivity index (χ4n) is 2.10. The van der Waals surface area contributed by atoms with Gasteiger partial charge in [-0.15, -0.1) is 0 Å². The van der Waals surface area contributed by atoms with Gasteiger partial charge < -0.3 is 9.88 Å². The second-order valence-electron chi connectivity index (χ2n) is 4.27. The van der Waals surface area contributed by atoms with Gasteiger partial charge in [-0.1, -0.05) is 0 Å². The van der Waals surface area contributed by atoms with Crippen LogP contribution in [0.1, 0.15) is 19.8 Å². The van der Waals surface area contributed by atoms with Gasteiger partial charge in [-0.3, -0.25) is 9.59 Å². The summed E-state index contributed by atoms with van der Waals surface area (Å²) in [7, 11) is 0. The maximum absolute atomic E-state index is 11.5. The number of anilines is 1. The second kappa shape index (κ2) is 5.16. The van der Waals surface area contributed by atoms with Gasteiger partial charge in [0.2, 0.25) is 0 Å². The lowest BCUT2D eigenvalue weighted by Crippen LogP contribution is -2.39. The summed E-state index contributed by atoms with van der Waals surface area (Å²) in [6, 6.07) is 0.